The molecule has 0 aromatic rings. The minimum atomic E-state index is -0.763. The van der Waals surface area contributed by atoms with Gasteiger partial charge in [-0.05, 0) is 31.1 Å². The van der Waals surface area contributed by atoms with Gasteiger partial charge in [0, 0.05) is 19.3 Å². The zero-order valence-corrected chi connectivity index (χ0v) is 47.5. The van der Waals surface area contributed by atoms with E-state index in [0.717, 1.165) is 69.6 Å². The minimum absolute atomic E-state index is 0.0619. The van der Waals surface area contributed by atoms with Crippen LogP contribution in [0.3, 0.4) is 0 Å². The highest BCUT2D eigenvalue weighted by atomic mass is 16.6. The molecule has 0 bridgehead atoms. The number of carbonyl (C=O) groups excluding carboxylic acids is 3. The van der Waals surface area contributed by atoms with Crippen molar-refractivity contribution < 1.29 is 28.6 Å². The third kappa shape index (κ3) is 57.2. The second kappa shape index (κ2) is 55.7. The highest BCUT2D eigenvalue weighted by molar-refractivity contribution is 5.71. The van der Waals surface area contributed by atoms with Crippen LogP contribution in [0.2, 0.25) is 0 Å². The molecule has 1 atom stereocenters. The van der Waals surface area contributed by atoms with Gasteiger partial charge < -0.3 is 14.2 Å². The summed E-state index contributed by atoms with van der Waals surface area (Å²) in [5.41, 5.74) is 0. The smallest absolute Gasteiger partial charge is 0.306 e. The summed E-state index contributed by atoms with van der Waals surface area (Å²) in [6.45, 7) is 11.5. The van der Waals surface area contributed by atoms with Crippen molar-refractivity contribution in [2.45, 2.75) is 362 Å². The predicted octanol–water partition coefficient (Wildman–Crippen LogP) is 20.8. The van der Waals surface area contributed by atoms with Gasteiger partial charge >= 0.3 is 17.9 Å². The molecule has 6 nitrogen and oxygen atoms in total. The molecular weight excluding hydrogens is 853 g/mol. The Morgan fingerprint density at radius 3 is 0.710 bits per heavy atom. The van der Waals surface area contributed by atoms with Gasteiger partial charge in [-0.2, -0.15) is 0 Å². The van der Waals surface area contributed by atoms with Gasteiger partial charge in [-0.3, -0.25) is 14.4 Å². The first kappa shape index (κ1) is 67.4. The van der Waals surface area contributed by atoms with Gasteiger partial charge in [0.25, 0.3) is 0 Å². The Morgan fingerprint density at radius 1 is 0.275 bits per heavy atom. The fourth-order valence-electron chi connectivity index (χ4n) is 9.76. The van der Waals surface area contributed by atoms with E-state index in [0.29, 0.717) is 19.3 Å². The fourth-order valence-corrected chi connectivity index (χ4v) is 9.76. The van der Waals surface area contributed by atoms with E-state index in [1.54, 1.807) is 0 Å². The van der Waals surface area contributed by atoms with E-state index in [4.69, 9.17) is 14.2 Å². The average molecular weight is 976 g/mol. The standard InChI is InChI=1S/C63H122O6/c1-6-7-8-9-10-11-12-21-28-33-38-43-48-53-61(64)67-56-60(69-63(66)55-50-45-40-35-30-25-20-16-14-18-23-27-32-37-42-47-52-59(4)5)57-68-62(65)54-49-44-39-34-29-24-19-15-13-17-22-26-31-36-41-46-51-58(2)3/h58-60H,6-57H2,1-5H3/t60-/m1/s1. The van der Waals surface area contributed by atoms with Crippen molar-refractivity contribution in [2.24, 2.45) is 11.8 Å². The SMILES string of the molecule is CCCCCCCCCCCCCCCC(=O)OC[C@H](COC(=O)CCCCCCCCCCCCCCCCCCC(C)C)OC(=O)CCCCCCCCCCCCCCCCCCC(C)C. The molecule has 410 valence electrons. The van der Waals surface area contributed by atoms with Crippen molar-refractivity contribution in [2.75, 3.05) is 13.2 Å². The summed E-state index contributed by atoms with van der Waals surface area (Å²) in [4.78, 5) is 38.2. The van der Waals surface area contributed by atoms with Gasteiger partial charge in [0.2, 0.25) is 0 Å². The van der Waals surface area contributed by atoms with Crippen LogP contribution in [0.25, 0.3) is 0 Å². The first-order valence-corrected chi connectivity index (χ1v) is 31.2. The summed E-state index contributed by atoms with van der Waals surface area (Å²) in [6.07, 6.45) is 61.0. The summed E-state index contributed by atoms with van der Waals surface area (Å²) in [5, 5.41) is 0. The number of carbonyl (C=O) groups is 3. The molecule has 0 fully saturated rings. The van der Waals surface area contributed by atoms with Gasteiger partial charge in [0.1, 0.15) is 13.2 Å². The molecule has 0 amide bonds. The zero-order valence-electron chi connectivity index (χ0n) is 47.5. The van der Waals surface area contributed by atoms with Gasteiger partial charge in [0.15, 0.2) is 6.10 Å². The number of hydrogen-bond donors (Lipinski definition) is 0. The Morgan fingerprint density at radius 2 is 0.478 bits per heavy atom. The molecule has 69 heavy (non-hydrogen) atoms. The molecule has 0 aromatic carbocycles. The highest BCUT2D eigenvalue weighted by Crippen LogP contribution is 2.19. The van der Waals surface area contributed by atoms with Crippen LogP contribution in [0.15, 0.2) is 0 Å². The molecule has 6 heteroatoms. The van der Waals surface area contributed by atoms with E-state index in [1.807, 2.05) is 0 Å². The highest BCUT2D eigenvalue weighted by Gasteiger charge is 2.19. The summed E-state index contributed by atoms with van der Waals surface area (Å²) in [7, 11) is 0. The molecule has 0 rings (SSSR count). The zero-order chi connectivity index (χ0) is 50.4. The van der Waals surface area contributed by atoms with E-state index in [9.17, 15) is 14.4 Å². The van der Waals surface area contributed by atoms with Crippen LogP contribution in [0.4, 0.5) is 0 Å². The average Bonchev–Trinajstić information content (AvgIpc) is 3.32. The first-order chi connectivity index (χ1) is 33.7. The number of ether oxygens (including phenoxy) is 3. The Kier molecular flexibility index (Phi) is 54.4. The summed E-state index contributed by atoms with van der Waals surface area (Å²) < 4.78 is 16.9. The second-order valence-electron chi connectivity index (χ2n) is 22.6. The lowest BCUT2D eigenvalue weighted by Crippen LogP contribution is -2.30. The summed E-state index contributed by atoms with van der Waals surface area (Å²) in [5.74, 6) is 0.872. The van der Waals surface area contributed by atoms with Crippen LogP contribution in [-0.2, 0) is 28.6 Å². The molecule has 0 aliphatic rings. The number of hydrogen-bond acceptors (Lipinski definition) is 6. The fraction of sp³-hybridized carbons (Fsp3) is 0.952. The molecule has 0 aliphatic carbocycles. The minimum Gasteiger partial charge on any atom is -0.462 e. The number of rotatable bonds is 57. The van der Waals surface area contributed by atoms with Gasteiger partial charge in [0.05, 0.1) is 0 Å². The van der Waals surface area contributed by atoms with E-state index >= 15 is 0 Å². The maximum Gasteiger partial charge on any atom is 0.306 e. The van der Waals surface area contributed by atoms with E-state index in [-0.39, 0.29) is 31.1 Å². The van der Waals surface area contributed by atoms with Crippen LogP contribution in [0, 0.1) is 11.8 Å². The Bertz CT molecular complexity index is 1060. The monoisotopic (exact) mass is 975 g/mol. The third-order valence-electron chi connectivity index (χ3n) is 14.5. The number of esters is 3. The lowest BCUT2D eigenvalue weighted by Gasteiger charge is -2.18. The second-order valence-corrected chi connectivity index (χ2v) is 22.6. The molecular formula is C63H122O6. The lowest BCUT2D eigenvalue weighted by atomic mass is 10.0. The molecule has 0 unspecified atom stereocenters. The molecule has 0 saturated heterocycles. The van der Waals surface area contributed by atoms with Crippen LogP contribution in [0.5, 0.6) is 0 Å². The van der Waals surface area contributed by atoms with E-state index < -0.39 is 6.10 Å². The number of unbranched alkanes of at least 4 members (excludes halogenated alkanes) is 42. The molecule has 0 heterocycles. The Hall–Kier alpha value is -1.59. The molecule has 0 N–H and O–H groups in total. The molecule has 0 radical (unpaired) electrons. The molecule has 0 aromatic heterocycles. The van der Waals surface area contributed by atoms with Crippen molar-refractivity contribution in [1.29, 1.82) is 0 Å². The van der Waals surface area contributed by atoms with Crippen molar-refractivity contribution in [1.82, 2.24) is 0 Å². The lowest BCUT2D eigenvalue weighted by molar-refractivity contribution is -0.167. The maximum atomic E-state index is 12.9. The van der Waals surface area contributed by atoms with Crippen molar-refractivity contribution in [3.8, 4) is 0 Å². The topological polar surface area (TPSA) is 78.9 Å². The van der Waals surface area contributed by atoms with Crippen molar-refractivity contribution >= 4 is 17.9 Å². The van der Waals surface area contributed by atoms with Crippen LogP contribution in [0.1, 0.15) is 356 Å². The first-order valence-electron chi connectivity index (χ1n) is 31.2. The van der Waals surface area contributed by atoms with Crippen molar-refractivity contribution in [3.05, 3.63) is 0 Å². The van der Waals surface area contributed by atoms with E-state index in [2.05, 4.69) is 34.6 Å². The summed E-state index contributed by atoms with van der Waals surface area (Å²) >= 11 is 0. The molecule has 0 saturated carbocycles. The Balaban J connectivity index is 4.26. The summed E-state index contributed by atoms with van der Waals surface area (Å²) in [6, 6.07) is 0. The quantitative estimate of drug-likeness (QED) is 0.0343. The van der Waals surface area contributed by atoms with Crippen LogP contribution >= 0.6 is 0 Å². The molecule has 0 spiro atoms. The normalized spacial score (nSPS) is 12.0. The van der Waals surface area contributed by atoms with Crippen LogP contribution < -0.4 is 0 Å². The van der Waals surface area contributed by atoms with Crippen LogP contribution in [-0.4, -0.2) is 37.2 Å². The maximum absolute atomic E-state index is 12.9. The van der Waals surface area contributed by atoms with Crippen molar-refractivity contribution in [3.63, 3.8) is 0 Å². The third-order valence-corrected chi connectivity index (χ3v) is 14.5. The van der Waals surface area contributed by atoms with Gasteiger partial charge in [-0.25, -0.2) is 0 Å². The predicted molar refractivity (Wildman–Crippen MR) is 298 cm³/mol. The van der Waals surface area contributed by atoms with Gasteiger partial charge in [-0.15, -0.1) is 0 Å². The van der Waals surface area contributed by atoms with Gasteiger partial charge in [-0.1, -0.05) is 317 Å². The van der Waals surface area contributed by atoms with E-state index in [1.165, 1.54) is 244 Å². The Labute approximate surface area is 431 Å². The largest absolute Gasteiger partial charge is 0.462 e. The molecule has 0 aliphatic heterocycles.